The van der Waals surface area contributed by atoms with Crippen LogP contribution in [0, 0.1) is 6.92 Å². The molecule has 0 atom stereocenters. The molecule has 0 saturated carbocycles. The maximum absolute atomic E-state index is 10.4. The van der Waals surface area contributed by atoms with Gasteiger partial charge in [-0.15, -0.1) is 0 Å². The molecule has 0 spiro atoms. The molecule has 0 bridgehead atoms. The standard InChI is InChI=1S/C13H10O2.C10H13NO.C8H8O.C6H5NO.C5H4O2.C5H4OS/c14-10-11-6-8-13(9-7-11)15-12-4-2-1-3-5-12;1-10(2,3)9-5-4-8(7-12)6-11-9;1-7-4-2-3-5-8(7)6-9;8-5-6-2-1-3-7-4-6;2*6-3-5-1-2-7-4-5/h1-10H;4-7H,1-3H3;2-6H,1H3;1-5H;2*1-4H. The smallest absolute Gasteiger partial charge is 0.153 e. The number of hydrogen-bond acceptors (Lipinski definition) is 11. The SMILES string of the molecule is CC(C)(C)c1ccc(C=O)cn1.Cc1ccccc1C=O.O=Cc1ccc(Oc2ccccc2)cc1.O=Cc1cccnc1.O=Cc1ccoc1.O=Cc1ccsc1. The molecule has 11 heteroatoms. The van der Waals surface area contributed by atoms with Crippen LogP contribution in [0.2, 0.25) is 0 Å². The van der Waals surface area contributed by atoms with Gasteiger partial charge in [-0.05, 0) is 90.7 Å². The zero-order valence-corrected chi connectivity index (χ0v) is 33.4. The summed E-state index contributed by atoms with van der Waals surface area (Å²) < 4.78 is 10.1. The Bertz CT molecular complexity index is 2140. The molecule has 0 aliphatic carbocycles. The second-order valence-corrected chi connectivity index (χ2v) is 13.5. The van der Waals surface area contributed by atoms with Gasteiger partial charge in [0.15, 0.2) is 25.1 Å². The van der Waals surface area contributed by atoms with E-state index >= 15 is 0 Å². The number of hydrogen-bond donors (Lipinski definition) is 0. The number of aryl methyl sites for hydroxylation is 1. The molecule has 10 nitrogen and oxygen atoms in total. The van der Waals surface area contributed by atoms with Crippen molar-refractivity contribution >= 4 is 49.1 Å². The Morgan fingerprint density at radius 2 is 1.17 bits per heavy atom. The van der Waals surface area contributed by atoms with Gasteiger partial charge in [-0.25, -0.2) is 0 Å². The zero-order valence-electron chi connectivity index (χ0n) is 32.5. The number of ether oxygens (including phenoxy) is 1. The van der Waals surface area contributed by atoms with Crippen molar-refractivity contribution in [3.05, 3.63) is 202 Å². The first-order chi connectivity index (χ1) is 28.1. The molecule has 296 valence electrons. The molecule has 0 aliphatic rings. The van der Waals surface area contributed by atoms with Crippen LogP contribution in [0.25, 0.3) is 0 Å². The minimum Gasteiger partial charge on any atom is -0.472 e. The van der Waals surface area contributed by atoms with Crippen molar-refractivity contribution in [2.24, 2.45) is 0 Å². The van der Waals surface area contributed by atoms with Gasteiger partial charge in [-0.3, -0.25) is 38.7 Å². The summed E-state index contributed by atoms with van der Waals surface area (Å²) in [5, 5.41) is 3.69. The first-order valence-electron chi connectivity index (χ1n) is 17.6. The number of pyridine rings is 2. The number of carbonyl (C=O) groups is 6. The quantitative estimate of drug-likeness (QED) is 0.136. The molecule has 7 aromatic rings. The summed E-state index contributed by atoms with van der Waals surface area (Å²) in [5.74, 6) is 1.52. The van der Waals surface area contributed by atoms with Crippen molar-refractivity contribution in [3.63, 3.8) is 0 Å². The lowest BCUT2D eigenvalue weighted by molar-refractivity contribution is 0.111. The molecule has 0 fully saturated rings. The van der Waals surface area contributed by atoms with Crippen molar-refractivity contribution in [2.75, 3.05) is 0 Å². The van der Waals surface area contributed by atoms with Crippen molar-refractivity contribution < 1.29 is 37.9 Å². The van der Waals surface area contributed by atoms with E-state index in [1.54, 1.807) is 67.0 Å². The number of benzene rings is 3. The van der Waals surface area contributed by atoms with Crippen LogP contribution in [0.15, 0.2) is 162 Å². The van der Waals surface area contributed by atoms with E-state index in [1.807, 2.05) is 78.3 Å². The summed E-state index contributed by atoms with van der Waals surface area (Å²) >= 11 is 1.53. The molecule has 0 amide bonds. The molecule has 0 unspecified atom stereocenters. The molecule has 0 saturated heterocycles. The van der Waals surface area contributed by atoms with Crippen molar-refractivity contribution in [2.45, 2.75) is 33.1 Å². The van der Waals surface area contributed by atoms with Crippen molar-refractivity contribution in [3.8, 4) is 11.5 Å². The first kappa shape index (κ1) is 46.9. The van der Waals surface area contributed by atoms with Gasteiger partial charge >= 0.3 is 0 Å². The molecule has 3 aromatic carbocycles. The van der Waals surface area contributed by atoms with E-state index in [1.165, 1.54) is 30.1 Å². The summed E-state index contributed by atoms with van der Waals surface area (Å²) in [6.45, 7) is 8.20. The van der Waals surface area contributed by atoms with Gasteiger partial charge in [0.05, 0.1) is 11.8 Å². The van der Waals surface area contributed by atoms with E-state index in [-0.39, 0.29) is 5.41 Å². The lowest BCUT2D eigenvalue weighted by atomic mass is 9.91. The Kier molecular flexibility index (Phi) is 22.1. The highest BCUT2D eigenvalue weighted by molar-refractivity contribution is 7.08. The minimum atomic E-state index is 0.0570. The molecular weight excluding hydrogens is 753 g/mol. The van der Waals surface area contributed by atoms with Crippen molar-refractivity contribution in [1.29, 1.82) is 0 Å². The second kappa shape index (κ2) is 27.4. The fourth-order valence-electron chi connectivity index (χ4n) is 4.01. The minimum absolute atomic E-state index is 0.0570. The number of aromatic nitrogens is 2. The molecule has 4 aromatic heterocycles. The maximum Gasteiger partial charge on any atom is 0.153 e. The number of aldehydes is 6. The third-order valence-corrected chi connectivity index (χ3v) is 7.88. The van der Waals surface area contributed by atoms with Crippen LogP contribution >= 0.6 is 11.3 Å². The highest BCUT2D eigenvalue weighted by atomic mass is 32.1. The van der Waals surface area contributed by atoms with Gasteiger partial charge in [-0.2, -0.15) is 11.3 Å². The summed E-state index contributed by atoms with van der Waals surface area (Å²) in [6.07, 6.45) is 12.5. The molecule has 0 radical (unpaired) electrons. The highest BCUT2D eigenvalue weighted by Gasteiger charge is 2.14. The third kappa shape index (κ3) is 19.4. The van der Waals surface area contributed by atoms with Crippen LogP contribution in [-0.2, 0) is 5.41 Å². The van der Waals surface area contributed by atoms with E-state index < -0.39 is 0 Å². The zero-order chi connectivity index (χ0) is 42.4. The van der Waals surface area contributed by atoms with Crippen molar-refractivity contribution in [1.82, 2.24) is 9.97 Å². The lowest BCUT2D eigenvalue weighted by Gasteiger charge is -2.16. The summed E-state index contributed by atoms with van der Waals surface area (Å²) in [5.41, 5.74) is 6.12. The highest BCUT2D eigenvalue weighted by Crippen LogP contribution is 2.21. The lowest BCUT2D eigenvalue weighted by Crippen LogP contribution is -2.13. The molecule has 58 heavy (non-hydrogen) atoms. The fraction of sp³-hybridized carbons (Fsp3) is 0.106. The second-order valence-electron chi connectivity index (χ2n) is 12.7. The molecule has 0 N–H and O–H groups in total. The number of para-hydroxylation sites is 1. The van der Waals surface area contributed by atoms with Crippen LogP contribution in [0.1, 0.15) is 94.2 Å². The van der Waals surface area contributed by atoms with E-state index in [9.17, 15) is 28.8 Å². The van der Waals surface area contributed by atoms with Gasteiger partial charge < -0.3 is 9.15 Å². The average molecular weight is 797 g/mol. The Morgan fingerprint density at radius 1 is 0.569 bits per heavy atom. The van der Waals surface area contributed by atoms with Crippen LogP contribution in [0.5, 0.6) is 11.5 Å². The number of rotatable bonds is 8. The third-order valence-electron chi connectivity index (χ3n) is 7.18. The van der Waals surface area contributed by atoms with E-state index in [0.29, 0.717) is 22.3 Å². The Balaban J connectivity index is 0.000000246. The topological polar surface area (TPSA) is 151 Å². The maximum atomic E-state index is 10.4. The van der Waals surface area contributed by atoms with Gasteiger partial charge in [0.2, 0.25) is 0 Å². The molecule has 0 aliphatic heterocycles. The summed E-state index contributed by atoms with van der Waals surface area (Å²) in [7, 11) is 0. The molecular formula is C47H44N2O8S. The largest absolute Gasteiger partial charge is 0.472 e. The number of carbonyl (C=O) groups excluding carboxylic acids is 6. The van der Waals surface area contributed by atoms with Gasteiger partial charge in [0.1, 0.15) is 30.3 Å². The Labute approximate surface area is 342 Å². The molecule has 7 rings (SSSR count). The Hall–Kier alpha value is -7.24. The fourth-order valence-corrected chi connectivity index (χ4v) is 4.61. The van der Waals surface area contributed by atoms with E-state index in [2.05, 4.69) is 35.2 Å². The molecule has 4 heterocycles. The average Bonchev–Trinajstić information content (AvgIpc) is 4.02. The van der Waals surface area contributed by atoms with E-state index in [0.717, 1.165) is 71.6 Å². The normalized spacial score (nSPS) is 9.45. The van der Waals surface area contributed by atoms with Gasteiger partial charge in [-0.1, -0.05) is 63.2 Å². The van der Waals surface area contributed by atoms with Crippen LogP contribution in [0.4, 0.5) is 0 Å². The number of thiophene rings is 1. The summed E-state index contributed by atoms with van der Waals surface area (Å²) in [4.78, 5) is 68.6. The van der Waals surface area contributed by atoms with Crippen LogP contribution in [0.3, 0.4) is 0 Å². The summed E-state index contributed by atoms with van der Waals surface area (Å²) in [6, 6.07) is 34.5. The predicted octanol–water partition coefficient (Wildman–Crippen LogP) is 10.8. The van der Waals surface area contributed by atoms with Crippen LogP contribution in [-0.4, -0.2) is 47.7 Å². The van der Waals surface area contributed by atoms with Gasteiger partial charge in [0.25, 0.3) is 0 Å². The predicted molar refractivity (Wildman–Crippen MR) is 227 cm³/mol. The Morgan fingerprint density at radius 3 is 1.59 bits per heavy atom. The van der Waals surface area contributed by atoms with Crippen LogP contribution < -0.4 is 4.74 Å². The first-order valence-corrected chi connectivity index (χ1v) is 18.5. The monoisotopic (exact) mass is 796 g/mol. The van der Waals surface area contributed by atoms with Gasteiger partial charge in [0, 0.05) is 62.9 Å². The number of furan rings is 1. The van der Waals surface area contributed by atoms with E-state index in [4.69, 9.17) is 4.74 Å². The number of nitrogens with zero attached hydrogens (tertiary/aromatic N) is 2.